The van der Waals surface area contributed by atoms with Gasteiger partial charge in [-0.15, -0.1) is 0 Å². The van der Waals surface area contributed by atoms with E-state index in [0.29, 0.717) is 32.2 Å². The van der Waals surface area contributed by atoms with E-state index in [1.807, 2.05) is 4.90 Å². The molecule has 108 valence electrons. The van der Waals surface area contributed by atoms with Crippen LogP contribution in [0.2, 0.25) is 0 Å². The molecule has 1 aromatic carbocycles. The number of carbonyl (C=O) groups is 2. The number of hydrogen-bond acceptors (Lipinski definition) is 3. The van der Waals surface area contributed by atoms with Gasteiger partial charge < -0.3 is 10.6 Å². The lowest BCUT2D eigenvalue weighted by atomic mass is 10.1. The molecule has 1 fully saturated rings. The van der Waals surface area contributed by atoms with Gasteiger partial charge in [-0.2, -0.15) is 0 Å². The minimum atomic E-state index is -0.866. The Bertz CT molecular complexity index is 528. The molecule has 1 aliphatic rings. The quantitative estimate of drug-likeness (QED) is 0.862. The van der Waals surface area contributed by atoms with Crippen LogP contribution in [0.5, 0.6) is 0 Å². The molecule has 0 bridgehead atoms. The second kappa shape index (κ2) is 5.96. The lowest BCUT2D eigenvalue weighted by Crippen LogP contribution is -2.50. The standard InChI is InChI=1S/C13H15F2N3O2/c14-9-1-2-10(11(15)7-9)13(20)18-5-3-17(4-6-18)8-12(16)19/h1-2,7H,3-6,8H2,(H2,16,19). The van der Waals surface area contributed by atoms with Crippen LogP contribution in [0.15, 0.2) is 18.2 Å². The summed E-state index contributed by atoms with van der Waals surface area (Å²) in [6.07, 6.45) is 0. The van der Waals surface area contributed by atoms with Crippen molar-refractivity contribution in [3.8, 4) is 0 Å². The van der Waals surface area contributed by atoms with Gasteiger partial charge in [0.1, 0.15) is 11.6 Å². The summed E-state index contributed by atoms with van der Waals surface area (Å²) < 4.78 is 26.4. The summed E-state index contributed by atoms with van der Waals surface area (Å²) in [4.78, 5) is 26.2. The molecule has 0 aliphatic carbocycles. The number of piperazine rings is 1. The van der Waals surface area contributed by atoms with E-state index < -0.39 is 23.4 Å². The normalized spacial score (nSPS) is 16.2. The highest BCUT2D eigenvalue weighted by Crippen LogP contribution is 2.13. The maximum Gasteiger partial charge on any atom is 0.256 e. The monoisotopic (exact) mass is 283 g/mol. The molecule has 1 saturated heterocycles. The van der Waals surface area contributed by atoms with Crippen LogP contribution in [0.3, 0.4) is 0 Å². The van der Waals surface area contributed by atoms with Crippen LogP contribution in [0.25, 0.3) is 0 Å². The van der Waals surface area contributed by atoms with Crippen molar-refractivity contribution in [2.24, 2.45) is 5.73 Å². The Kier molecular flexibility index (Phi) is 4.29. The van der Waals surface area contributed by atoms with Gasteiger partial charge in [0.05, 0.1) is 12.1 Å². The van der Waals surface area contributed by atoms with Crippen molar-refractivity contribution >= 4 is 11.8 Å². The van der Waals surface area contributed by atoms with Crippen LogP contribution in [-0.2, 0) is 4.79 Å². The van der Waals surface area contributed by atoms with Gasteiger partial charge >= 0.3 is 0 Å². The average molecular weight is 283 g/mol. The Labute approximate surface area is 114 Å². The molecule has 0 unspecified atom stereocenters. The first kappa shape index (κ1) is 14.4. The number of hydrogen-bond donors (Lipinski definition) is 1. The minimum Gasteiger partial charge on any atom is -0.369 e. The van der Waals surface area contributed by atoms with E-state index in [2.05, 4.69) is 0 Å². The number of nitrogens with two attached hydrogens (primary N) is 1. The molecule has 2 amide bonds. The summed E-state index contributed by atoms with van der Waals surface area (Å²) in [6, 6.07) is 2.89. The van der Waals surface area contributed by atoms with Crippen LogP contribution < -0.4 is 5.73 Å². The fourth-order valence-corrected chi connectivity index (χ4v) is 2.16. The maximum atomic E-state index is 13.5. The minimum absolute atomic E-state index is 0.144. The Morgan fingerprint density at radius 3 is 2.35 bits per heavy atom. The van der Waals surface area contributed by atoms with Gasteiger partial charge in [-0.05, 0) is 12.1 Å². The van der Waals surface area contributed by atoms with Crippen LogP contribution in [0, 0.1) is 11.6 Å². The van der Waals surface area contributed by atoms with Gasteiger partial charge in [0, 0.05) is 32.2 Å². The molecule has 1 aromatic rings. The zero-order valence-electron chi connectivity index (χ0n) is 10.8. The van der Waals surface area contributed by atoms with Gasteiger partial charge in [0.15, 0.2) is 0 Å². The molecule has 0 spiro atoms. The number of halogens is 2. The molecule has 1 aliphatic heterocycles. The van der Waals surface area contributed by atoms with Crippen molar-refractivity contribution in [1.29, 1.82) is 0 Å². The first-order valence-electron chi connectivity index (χ1n) is 6.22. The molecule has 2 N–H and O–H groups in total. The first-order valence-corrected chi connectivity index (χ1v) is 6.22. The highest BCUT2D eigenvalue weighted by atomic mass is 19.1. The molecule has 2 rings (SSSR count). The molecule has 0 atom stereocenters. The number of rotatable bonds is 3. The molecule has 0 aromatic heterocycles. The summed E-state index contributed by atoms with van der Waals surface area (Å²) in [7, 11) is 0. The third-order valence-electron chi connectivity index (χ3n) is 3.20. The van der Waals surface area contributed by atoms with Gasteiger partial charge in [0.25, 0.3) is 5.91 Å². The average Bonchev–Trinajstić information content (AvgIpc) is 2.38. The van der Waals surface area contributed by atoms with Gasteiger partial charge in [-0.1, -0.05) is 0 Å². The lowest BCUT2D eigenvalue weighted by Gasteiger charge is -2.34. The Hall–Kier alpha value is -2.02. The topological polar surface area (TPSA) is 66.6 Å². The van der Waals surface area contributed by atoms with Crippen LogP contribution in [0.1, 0.15) is 10.4 Å². The molecule has 1 heterocycles. The second-order valence-electron chi connectivity index (χ2n) is 4.66. The van der Waals surface area contributed by atoms with Crippen molar-refractivity contribution in [1.82, 2.24) is 9.80 Å². The SMILES string of the molecule is NC(=O)CN1CCN(C(=O)c2ccc(F)cc2F)CC1. The van der Waals surface area contributed by atoms with Crippen molar-refractivity contribution in [2.45, 2.75) is 0 Å². The van der Waals surface area contributed by atoms with Crippen LogP contribution in [0.4, 0.5) is 8.78 Å². The van der Waals surface area contributed by atoms with Gasteiger partial charge in [-0.3, -0.25) is 14.5 Å². The number of nitrogens with zero attached hydrogens (tertiary/aromatic N) is 2. The zero-order valence-corrected chi connectivity index (χ0v) is 10.8. The summed E-state index contributed by atoms with van der Waals surface area (Å²) in [6.45, 7) is 1.90. The maximum absolute atomic E-state index is 13.5. The zero-order chi connectivity index (χ0) is 14.7. The number of amides is 2. The molecule has 0 radical (unpaired) electrons. The smallest absolute Gasteiger partial charge is 0.256 e. The van der Waals surface area contributed by atoms with Gasteiger partial charge in [0.2, 0.25) is 5.91 Å². The van der Waals surface area contributed by atoms with E-state index in [1.54, 1.807) is 0 Å². The van der Waals surface area contributed by atoms with Gasteiger partial charge in [-0.25, -0.2) is 8.78 Å². The Morgan fingerprint density at radius 2 is 1.80 bits per heavy atom. The highest BCUT2D eigenvalue weighted by Gasteiger charge is 2.24. The fraction of sp³-hybridized carbons (Fsp3) is 0.385. The van der Waals surface area contributed by atoms with E-state index >= 15 is 0 Å². The molecule has 5 nitrogen and oxygen atoms in total. The first-order chi connectivity index (χ1) is 9.47. The van der Waals surface area contributed by atoms with E-state index in [-0.39, 0.29) is 12.1 Å². The number of carbonyl (C=O) groups excluding carboxylic acids is 2. The molecule has 7 heteroatoms. The molecular formula is C13H15F2N3O2. The summed E-state index contributed by atoms with van der Waals surface area (Å²) in [5.74, 6) is -2.48. The summed E-state index contributed by atoms with van der Waals surface area (Å²) >= 11 is 0. The second-order valence-corrected chi connectivity index (χ2v) is 4.66. The third-order valence-corrected chi connectivity index (χ3v) is 3.20. The summed E-state index contributed by atoms with van der Waals surface area (Å²) in [5.41, 5.74) is 4.95. The van der Waals surface area contributed by atoms with Crippen molar-refractivity contribution in [3.05, 3.63) is 35.4 Å². The van der Waals surface area contributed by atoms with E-state index in [1.165, 1.54) is 4.90 Å². The van der Waals surface area contributed by atoms with Crippen molar-refractivity contribution in [2.75, 3.05) is 32.7 Å². The largest absolute Gasteiger partial charge is 0.369 e. The predicted octanol–water partition coefficient (Wildman–Crippen LogP) is 0.208. The number of primary amides is 1. The van der Waals surface area contributed by atoms with E-state index in [9.17, 15) is 18.4 Å². The molecular weight excluding hydrogens is 268 g/mol. The fourth-order valence-electron chi connectivity index (χ4n) is 2.16. The van der Waals surface area contributed by atoms with Crippen molar-refractivity contribution < 1.29 is 18.4 Å². The predicted molar refractivity (Wildman–Crippen MR) is 67.9 cm³/mol. The third kappa shape index (κ3) is 3.30. The van der Waals surface area contributed by atoms with E-state index in [4.69, 9.17) is 5.73 Å². The van der Waals surface area contributed by atoms with Crippen LogP contribution >= 0.6 is 0 Å². The summed E-state index contributed by atoms with van der Waals surface area (Å²) in [5, 5.41) is 0. The number of benzene rings is 1. The molecule has 20 heavy (non-hydrogen) atoms. The molecule has 0 saturated carbocycles. The van der Waals surface area contributed by atoms with Crippen molar-refractivity contribution in [3.63, 3.8) is 0 Å². The lowest BCUT2D eigenvalue weighted by molar-refractivity contribution is -0.119. The van der Waals surface area contributed by atoms with Crippen LogP contribution in [-0.4, -0.2) is 54.3 Å². The Balaban J connectivity index is 1.99. The Morgan fingerprint density at radius 1 is 1.15 bits per heavy atom. The van der Waals surface area contributed by atoms with E-state index in [0.717, 1.165) is 12.1 Å². The highest BCUT2D eigenvalue weighted by molar-refractivity contribution is 5.94.